The highest BCUT2D eigenvalue weighted by Gasteiger charge is 2.13. The summed E-state index contributed by atoms with van der Waals surface area (Å²) in [5.41, 5.74) is 1.07. The number of allylic oxidation sites excluding steroid dienone is 2. The number of esters is 1. The fourth-order valence-electron chi connectivity index (χ4n) is 1.64. The Morgan fingerprint density at radius 2 is 2.06 bits per heavy atom. The average Bonchev–Trinajstić information content (AvgIpc) is 2.30. The number of carbonyl (C=O) groups is 1. The summed E-state index contributed by atoms with van der Waals surface area (Å²) in [6.07, 6.45) is 4.30. The molecule has 0 fully saturated rings. The van der Waals surface area contributed by atoms with Gasteiger partial charge in [0, 0.05) is 10.9 Å². The Labute approximate surface area is 107 Å². The van der Waals surface area contributed by atoms with Crippen LogP contribution in [0.2, 0.25) is 5.02 Å². The molecule has 1 atom stereocenters. The molecule has 0 amide bonds. The van der Waals surface area contributed by atoms with Crippen LogP contribution in [0.4, 0.5) is 0 Å². The Kier molecular flexibility index (Phi) is 5.78. The largest absolute Gasteiger partial charge is 0.466 e. The number of carbonyl (C=O) groups excluding carboxylic acids is 1. The zero-order chi connectivity index (χ0) is 12.7. The van der Waals surface area contributed by atoms with Crippen LogP contribution in [0.25, 0.3) is 0 Å². The van der Waals surface area contributed by atoms with E-state index >= 15 is 0 Å². The molecule has 17 heavy (non-hydrogen) atoms. The van der Waals surface area contributed by atoms with Gasteiger partial charge in [-0.1, -0.05) is 35.9 Å². The first kappa shape index (κ1) is 13.8. The van der Waals surface area contributed by atoms with Gasteiger partial charge in [0.1, 0.15) is 0 Å². The van der Waals surface area contributed by atoms with Crippen molar-refractivity contribution in [3.8, 4) is 0 Å². The quantitative estimate of drug-likeness (QED) is 0.586. The Morgan fingerprint density at radius 3 is 2.59 bits per heavy atom. The van der Waals surface area contributed by atoms with Crippen molar-refractivity contribution >= 4 is 17.6 Å². The van der Waals surface area contributed by atoms with E-state index in [9.17, 15) is 4.79 Å². The summed E-state index contributed by atoms with van der Waals surface area (Å²) in [7, 11) is 0. The molecule has 92 valence electrons. The lowest BCUT2D eigenvalue weighted by atomic mass is 9.95. The molecule has 0 aliphatic rings. The zero-order valence-corrected chi connectivity index (χ0v) is 10.9. The molecule has 0 saturated heterocycles. The maximum Gasteiger partial charge on any atom is 0.306 e. The van der Waals surface area contributed by atoms with E-state index in [2.05, 4.69) is 0 Å². The van der Waals surface area contributed by atoms with Gasteiger partial charge in [-0.25, -0.2) is 0 Å². The molecule has 1 rings (SSSR count). The van der Waals surface area contributed by atoms with Gasteiger partial charge in [-0.3, -0.25) is 4.79 Å². The minimum absolute atomic E-state index is 0.0521. The van der Waals surface area contributed by atoms with Crippen LogP contribution in [-0.2, 0) is 9.53 Å². The van der Waals surface area contributed by atoms with E-state index in [-0.39, 0.29) is 11.9 Å². The molecule has 1 aromatic carbocycles. The van der Waals surface area contributed by atoms with E-state index in [1.165, 1.54) is 0 Å². The standard InChI is InChI=1S/C14H17ClO2/c1-3-5-12(10-14(16)17-4-2)11-6-8-13(15)9-7-11/h3,5-9,12H,4,10H2,1-2H3/b5-3+. The van der Waals surface area contributed by atoms with Crippen LogP contribution in [0.3, 0.4) is 0 Å². The van der Waals surface area contributed by atoms with Crippen LogP contribution in [0.5, 0.6) is 0 Å². The third-order valence-electron chi connectivity index (χ3n) is 2.41. The SMILES string of the molecule is C/C=C/C(CC(=O)OCC)c1ccc(Cl)cc1. The summed E-state index contributed by atoms with van der Waals surface area (Å²) in [5, 5.41) is 0.698. The highest BCUT2D eigenvalue weighted by atomic mass is 35.5. The van der Waals surface area contributed by atoms with Crippen LogP contribution < -0.4 is 0 Å². The Bertz CT molecular complexity index is 382. The topological polar surface area (TPSA) is 26.3 Å². The molecule has 0 saturated carbocycles. The van der Waals surface area contributed by atoms with Gasteiger partial charge in [-0.15, -0.1) is 0 Å². The van der Waals surface area contributed by atoms with Crippen LogP contribution >= 0.6 is 11.6 Å². The van der Waals surface area contributed by atoms with Gasteiger partial charge in [0.2, 0.25) is 0 Å². The van der Waals surface area contributed by atoms with E-state index < -0.39 is 0 Å². The maximum atomic E-state index is 11.5. The molecule has 0 N–H and O–H groups in total. The highest BCUT2D eigenvalue weighted by Crippen LogP contribution is 2.23. The van der Waals surface area contributed by atoms with E-state index in [0.29, 0.717) is 18.1 Å². The number of hydrogen-bond donors (Lipinski definition) is 0. The number of halogens is 1. The van der Waals surface area contributed by atoms with E-state index in [1.807, 2.05) is 50.3 Å². The summed E-state index contributed by atoms with van der Waals surface area (Å²) < 4.78 is 4.97. The molecule has 1 unspecified atom stereocenters. The maximum absolute atomic E-state index is 11.5. The third kappa shape index (κ3) is 4.61. The van der Waals surface area contributed by atoms with E-state index in [4.69, 9.17) is 16.3 Å². The summed E-state index contributed by atoms with van der Waals surface area (Å²) in [6.45, 7) is 4.17. The summed E-state index contributed by atoms with van der Waals surface area (Å²) in [5.74, 6) is -0.123. The predicted octanol–water partition coefficient (Wildman–Crippen LogP) is 3.95. The van der Waals surface area contributed by atoms with E-state index in [0.717, 1.165) is 5.56 Å². The Balaban J connectivity index is 2.78. The van der Waals surface area contributed by atoms with Crippen molar-refractivity contribution in [2.45, 2.75) is 26.2 Å². The Morgan fingerprint density at radius 1 is 1.41 bits per heavy atom. The van der Waals surface area contributed by atoms with Crippen molar-refractivity contribution in [3.05, 3.63) is 47.0 Å². The van der Waals surface area contributed by atoms with Gasteiger partial charge in [0.15, 0.2) is 0 Å². The van der Waals surface area contributed by atoms with Gasteiger partial charge in [-0.05, 0) is 31.5 Å². The lowest BCUT2D eigenvalue weighted by Crippen LogP contribution is -2.09. The van der Waals surface area contributed by atoms with Gasteiger partial charge in [-0.2, -0.15) is 0 Å². The average molecular weight is 253 g/mol. The van der Waals surface area contributed by atoms with Crippen molar-refractivity contribution in [1.82, 2.24) is 0 Å². The lowest BCUT2D eigenvalue weighted by molar-refractivity contribution is -0.143. The second-order valence-corrected chi connectivity index (χ2v) is 4.13. The fraction of sp³-hybridized carbons (Fsp3) is 0.357. The van der Waals surface area contributed by atoms with Crippen molar-refractivity contribution in [3.63, 3.8) is 0 Å². The summed E-state index contributed by atoms with van der Waals surface area (Å²) >= 11 is 5.84. The van der Waals surface area contributed by atoms with Gasteiger partial charge < -0.3 is 4.74 Å². The highest BCUT2D eigenvalue weighted by molar-refractivity contribution is 6.30. The normalized spacial score (nSPS) is 12.6. The lowest BCUT2D eigenvalue weighted by Gasteiger charge is -2.12. The van der Waals surface area contributed by atoms with Gasteiger partial charge in [0.25, 0.3) is 0 Å². The molecule has 0 spiro atoms. The zero-order valence-electron chi connectivity index (χ0n) is 10.2. The van der Waals surface area contributed by atoms with Gasteiger partial charge in [0.05, 0.1) is 13.0 Å². The Hall–Kier alpha value is -1.28. The molecular weight excluding hydrogens is 236 g/mol. The van der Waals surface area contributed by atoms with Gasteiger partial charge >= 0.3 is 5.97 Å². The first-order chi connectivity index (χ1) is 8.17. The summed E-state index contributed by atoms with van der Waals surface area (Å²) in [4.78, 5) is 11.5. The number of benzene rings is 1. The minimum atomic E-state index is -0.175. The molecule has 0 aliphatic carbocycles. The molecule has 0 bridgehead atoms. The molecule has 0 aliphatic heterocycles. The summed E-state index contributed by atoms with van der Waals surface area (Å²) in [6, 6.07) is 7.54. The molecule has 2 nitrogen and oxygen atoms in total. The van der Waals surface area contributed by atoms with Crippen molar-refractivity contribution in [1.29, 1.82) is 0 Å². The van der Waals surface area contributed by atoms with Crippen LogP contribution in [0, 0.1) is 0 Å². The van der Waals surface area contributed by atoms with Crippen LogP contribution in [0.1, 0.15) is 31.7 Å². The first-order valence-electron chi connectivity index (χ1n) is 5.71. The van der Waals surface area contributed by atoms with Crippen LogP contribution in [0.15, 0.2) is 36.4 Å². The fourth-order valence-corrected chi connectivity index (χ4v) is 1.76. The number of ether oxygens (including phenoxy) is 1. The minimum Gasteiger partial charge on any atom is -0.466 e. The third-order valence-corrected chi connectivity index (χ3v) is 2.67. The molecule has 3 heteroatoms. The predicted molar refractivity (Wildman–Crippen MR) is 70.3 cm³/mol. The molecule has 0 radical (unpaired) electrons. The van der Waals surface area contributed by atoms with Crippen molar-refractivity contribution in [2.75, 3.05) is 6.61 Å². The monoisotopic (exact) mass is 252 g/mol. The molecular formula is C14H17ClO2. The second-order valence-electron chi connectivity index (χ2n) is 3.69. The molecule has 0 aromatic heterocycles. The second kappa shape index (κ2) is 7.13. The van der Waals surface area contributed by atoms with Crippen molar-refractivity contribution < 1.29 is 9.53 Å². The smallest absolute Gasteiger partial charge is 0.306 e. The molecule has 0 heterocycles. The molecule has 1 aromatic rings. The number of rotatable bonds is 5. The van der Waals surface area contributed by atoms with E-state index in [1.54, 1.807) is 0 Å². The number of hydrogen-bond acceptors (Lipinski definition) is 2. The first-order valence-corrected chi connectivity index (χ1v) is 6.09. The van der Waals surface area contributed by atoms with Crippen molar-refractivity contribution in [2.24, 2.45) is 0 Å². The van der Waals surface area contributed by atoms with Crippen LogP contribution in [-0.4, -0.2) is 12.6 Å².